The predicted molar refractivity (Wildman–Crippen MR) is 72.7 cm³/mol. The number of ether oxygens (including phenoxy) is 1. The summed E-state index contributed by atoms with van der Waals surface area (Å²) < 4.78 is 5.40. The second-order valence-electron chi connectivity index (χ2n) is 4.82. The fourth-order valence-corrected chi connectivity index (χ4v) is 1.58. The van der Waals surface area contributed by atoms with E-state index in [2.05, 4.69) is 0 Å². The Balaban J connectivity index is 3.01. The van der Waals surface area contributed by atoms with Crippen LogP contribution >= 0.6 is 0 Å². The molecule has 0 saturated heterocycles. The number of rotatable bonds is 7. The summed E-state index contributed by atoms with van der Waals surface area (Å²) in [5.74, 6) is 0.411. The third kappa shape index (κ3) is 4.35. The minimum Gasteiger partial charge on any atom is -0.487 e. The van der Waals surface area contributed by atoms with Gasteiger partial charge in [0, 0.05) is 18.1 Å². The first-order valence-electron chi connectivity index (χ1n) is 6.40. The first-order chi connectivity index (χ1) is 8.95. The molecule has 0 radical (unpaired) electrons. The van der Waals surface area contributed by atoms with Gasteiger partial charge in [-0.2, -0.15) is 0 Å². The molecule has 0 bridgehead atoms. The van der Waals surface area contributed by atoms with Crippen molar-refractivity contribution in [1.29, 1.82) is 0 Å². The molecule has 0 atom stereocenters. The number of benzene rings is 1. The van der Waals surface area contributed by atoms with Crippen molar-refractivity contribution < 1.29 is 14.5 Å². The Bertz CT molecular complexity index is 469. The molecule has 5 nitrogen and oxygen atoms in total. The maximum atomic E-state index is 11.7. The number of nitro benzene ring substituents is 1. The largest absolute Gasteiger partial charge is 0.487 e. The molecule has 0 aliphatic carbocycles. The van der Waals surface area contributed by atoms with Gasteiger partial charge in [-0.05, 0) is 24.5 Å². The van der Waals surface area contributed by atoms with Gasteiger partial charge in [0.1, 0.15) is 0 Å². The topological polar surface area (TPSA) is 69.4 Å². The van der Waals surface area contributed by atoms with Crippen LogP contribution in [-0.4, -0.2) is 17.3 Å². The first-order valence-corrected chi connectivity index (χ1v) is 6.40. The van der Waals surface area contributed by atoms with E-state index in [9.17, 15) is 14.9 Å². The van der Waals surface area contributed by atoms with Crippen LogP contribution in [0.4, 0.5) is 5.69 Å². The minimum atomic E-state index is -0.515. The maximum absolute atomic E-state index is 11.7. The van der Waals surface area contributed by atoms with Gasteiger partial charge in [0.05, 0.1) is 11.5 Å². The van der Waals surface area contributed by atoms with Gasteiger partial charge < -0.3 is 4.74 Å². The van der Waals surface area contributed by atoms with Crippen LogP contribution in [0.1, 0.15) is 44.0 Å². The van der Waals surface area contributed by atoms with Crippen molar-refractivity contribution in [1.82, 2.24) is 0 Å². The predicted octanol–water partition coefficient (Wildman–Crippen LogP) is 3.61. The number of nitrogens with zero attached hydrogens (tertiary/aromatic N) is 1. The summed E-state index contributed by atoms with van der Waals surface area (Å²) >= 11 is 0. The van der Waals surface area contributed by atoms with Crippen LogP contribution in [0.3, 0.4) is 0 Å². The number of hydrogen-bond donors (Lipinski definition) is 0. The highest BCUT2D eigenvalue weighted by Crippen LogP contribution is 2.29. The van der Waals surface area contributed by atoms with E-state index >= 15 is 0 Å². The average molecular weight is 265 g/mol. The van der Waals surface area contributed by atoms with Crippen LogP contribution in [0.15, 0.2) is 18.2 Å². The van der Waals surface area contributed by atoms with Gasteiger partial charge in [0.25, 0.3) is 0 Å². The molecule has 0 fully saturated rings. The monoisotopic (exact) mass is 265 g/mol. The molecule has 0 aliphatic heterocycles. The van der Waals surface area contributed by atoms with Gasteiger partial charge in [0.2, 0.25) is 0 Å². The Morgan fingerprint density at radius 3 is 2.63 bits per heavy atom. The van der Waals surface area contributed by atoms with Crippen LogP contribution in [0.25, 0.3) is 0 Å². The second kappa shape index (κ2) is 6.87. The summed E-state index contributed by atoms with van der Waals surface area (Å²) in [7, 11) is 0. The van der Waals surface area contributed by atoms with Gasteiger partial charge in [-0.25, -0.2) is 0 Å². The number of carbonyl (C=O) groups is 1. The molecule has 19 heavy (non-hydrogen) atoms. The number of ketones is 1. The summed E-state index contributed by atoms with van der Waals surface area (Å²) in [4.78, 5) is 22.2. The van der Waals surface area contributed by atoms with Crippen LogP contribution in [0, 0.1) is 16.0 Å². The van der Waals surface area contributed by atoms with Crippen LogP contribution in [-0.2, 0) is 0 Å². The zero-order valence-electron chi connectivity index (χ0n) is 11.5. The fourth-order valence-electron chi connectivity index (χ4n) is 1.58. The molecule has 0 saturated carbocycles. The van der Waals surface area contributed by atoms with E-state index in [-0.39, 0.29) is 23.1 Å². The van der Waals surface area contributed by atoms with E-state index < -0.39 is 4.92 Å². The third-order valence-corrected chi connectivity index (χ3v) is 2.53. The van der Waals surface area contributed by atoms with E-state index in [0.29, 0.717) is 18.6 Å². The van der Waals surface area contributed by atoms with E-state index in [1.807, 2.05) is 20.8 Å². The normalized spacial score (nSPS) is 10.5. The number of nitro groups is 1. The van der Waals surface area contributed by atoms with Crippen LogP contribution < -0.4 is 4.74 Å². The quantitative estimate of drug-likeness (QED) is 0.429. The van der Waals surface area contributed by atoms with E-state index in [1.54, 1.807) is 6.07 Å². The number of carbonyl (C=O) groups excluding carboxylic acids is 1. The van der Waals surface area contributed by atoms with Crippen LogP contribution in [0.2, 0.25) is 0 Å². The molecule has 1 aromatic carbocycles. The molecule has 1 aromatic rings. The fraction of sp³-hybridized carbons (Fsp3) is 0.500. The smallest absolute Gasteiger partial charge is 0.311 e. The number of hydrogen-bond acceptors (Lipinski definition) is 4. The second-order valence-corrected chi connectivity index (χ2v) is 4.82. The molecule has 5 heteroatoms. The lowest BCUT2D eigenvalue weighted by atomic mass is 10.1. The van der Waals surface area contributed by atoms with Crippen molar-refractivity contribution >= 4 is 11.5 Å². The first kappa shape index (κ1) is 15.1. The molecule has 104 valence electrons. The standard InChI is InChI=1S/C14H19NO4/c1-4-5-13(16)11-6-7-14(19-9-10(2)3)12(8-11)15(17)18/h6-8,10H,4-5,9H2,1-3H3. The Kier molecular flexibility index (Phi) is 5.48. The SMILES string of the molecule is CCCC(=O)c1ccc(OCC(C)C)c([N+](=O)[O-])c1. The molecule has 0 unspecified atom stereocenters. The van der Waals surface area contributed by atoms with Crippen LogP contribution in [0.5, 0.6) is 5.75 Å². The highest BCUT2D eigenvalue weighted by atomic mass is 16.6. The Morgan fingerprint density at radius 2 is 2.11 bits per heavy atom. The highest BCUT2D eigenvalue weighted by Gasteiger charge is 2.18. The summed E-state index contributed by atoms with van der Waals surface area (Å²) in [5.41, 5.74) is 0.216. The third-order valence-electron chi connectivity index (χ3n) is 2.53. The summed E-state index contributed by atoms with van der Waals surface area (Å²) in [6.07, 6.45) is 1.11. The lowest BCUT2D eigenvalue weighted by Crippen LogP contribution is -2.07. The van der Waals surface area contributed by atoms with Gasteiger partial charge >= 0.3 is 5.69 Å². The Morgan fingerprint density at radius 1 is 1.42 bits per heavy atom. The zero-order valence-corrected chi connectivity index (χ0v) is 11.5. The number of Topliss-reactive ketones (excluding diaryl/α,β-unsaturated/α-hetero) is 1. The molecule has 0 aliphatic rings. The summed E-state index contributed by atoms with van der Waals surface area (Å²) in [5, 5.41) is 11.0. The maximum Gasteiger partial charge on any atom is 0.311 e. The molecular formula is C14H19NO4. The molecule has 0 amide bonds. The summed E-state index contributed by atoms with van der Waals surface area (Å²) in [6, 6.07) is 4.39. The van der Waals surface area contributed by atoms with Crippen molar-refractivity contribution in [3.63, 3.8) is 0 Å². The van der Waals surface area contributed by atoms with Crippen molar-refractivity contribution in [3.05, 3.63) is 33.9 Å². The van der Waals surface area contributed by atoms with Gasteiger partial charge in [0.15, 0.2) is 11.5 Å². The van der Waals surface area contributed by atoms with Crippen molar-refractivity contribution in [2.45, 2.75) is 33.6 Å². The Labute approximate surface area is 112 Å². The highest BCUT2D eigenvalue weighted by molar-refractivity contribution is 5.96. The molecule has 0 spiro atoms. The molecule has 0 N–H and O–H groups in total. The Hall–Kier alpha value is -1.91. The van der Waals surface area contributed by atoms with Gasteiger partial charge in [-0.15, -0.1) is 0 Å². The van der Waals surface area contributed by atoms with Gasteiger partial charge in [-0.1, -0.05) is 20.8 Å². The van der Waals surface area contributed by atoms with Crippen molar-refractivity contribution in [3.8, 4) is 5.75 Å². The van der Waals surface area contributed by atoms with Gasteiger partial charge in [-0.3, -0.25) is 14.9 Å². The lowest BCUT2D eigenvalue weighted by Gasteiger charge is -2.09. The minimum absolute atomic E-state index is 0.0824. The van der Waals surface area contributed by atoms with Crippen molar-refractivity contribution in [2.75, 3.05) is 6.61 Å². The van der Waals surface area contributed by atoms with E-state index in [1.165, 1.54) is 12.1 Å². The molecular weight excluding hydrogens is 246 g/mol. The van der Waals surface area contributed by atoms with E-state index in [0.717, 1.165) is 6.42 Å². The molecule has 1 rings (SSSR count). The van der Waals surface area contributed by atoms with E-state index in [4.69, 9.17) is 4.74 Å². The molecule has 0 heterocycles. The van der Waals surface area contributed by atoms with Crippen molar-refractivity contribution in [2.24, 2.45) is 5.92 Å². The average Bonchev–Trinajstić information content (AvgIpc) is 2.36. The lowest BCUT2D eigenvalue weighted by molar-refractivity contribution is -0.385. The zero-order chi connectivity index (χ0) is 14.4. The summed E-state index contributed by atoms with van der Waals surface area (Å²) in [6.45, 7) is 6.23. The molecule has 0 aromatic heterocycles.